The normalized spacial score (nSPS) is 17.9. The molecule has 5 nitrogen and oxygen atoms in total. The van der Waals surface area contributed by atoms with Gasteiger partial charge in [-0.3, -0.25) is 14.6 Å². The molecular weight excluding hydrogens is 290 g/mol. The van der Waals surface area contributed by atoms with Crippen molar-refractivity contribution in [2.24, 2.45) is 0 Å². The Kier molecular flexibility index (Phi) is 7.02. The van der Waals surface area contributed by atoms with Crippen LogP contribution in [0.3, 0.4) is 0 Å². The Balaban J connectivity index is 1.81. The van der Waals surface area contributed by atoms with Crippen molar-refractivity contribution in [3.05, 3.63) is 29.8 Å². The zero-order valence-electron chi connectivity index (χ0n) is 14.3. The Bertz CT molecular complexity index is 495. The zero-order chi connectivity index (χ0) is 16.7. The van der Waals surface area contributed by atoms with Crippen molar-refractivity contribution >= 4 is 11.6 Å². The van der Waals surface area contributed by atoms with Gasteiger partial charge in [-0.1, -0.05) is 32.0 Å². The second-order valence-corrected chi connectivity index (χ2v) is 6.12. The monoisotopic (exact) mass is 319 g/mol. The predicted octanol–water partition coefficient (Wildman–Crippen LogP) is 1.58. The Morgan fingerprint density at radius 3 is 2.52 bits per heavy atom. The number of carbonyl (C=O) groups excluding carboxylic acids is 1. The summed E-state index contributed by atoms with van der Waals surface area (Å²) in [7, 11) is 0. The van der Waals surface area contributed by atoms with Gasteiger partial charge in [0.2, 0.25) is 5.91 Å². The van der Waals surface area contributed by atoms with E-state index in [1.165, 1.54) is 5.56 Å². The Hall–Kier alpha value is -1.43. The summed E-state index contributed by atoms with van der Waals surface area (Å²) >= 11 is 0. The van der Waals surface area contributed by atoms with Crippen LogP contribution in [0.1, 0.15) is 25.8 Å². The number of piperazine rings is 1. The Morgan fingerprint density at radius 2 is 1.91 bits per heavy atom. The van der Waals surface area contributed by atoms with E-state index in [0.717, 1.165) is 44.7 Å². The number of hydrogen-bond donors (Lipinski definition) is 2. The standard InChI is InChI=1S/C18H29N3O2/c1-3-15-7-5-6-8-17(15)19-18(23)13-20-9-11-21(12-10-20)16(4-2)14-22/h5-8,16,22H,3-4,9-14H2,1-2H3,(H,19,23). The summed E-state index contributed by atoms with van der Waals surface area (Å²) in [5, 5.41) is 12.4. The molecule has 1 aromatic rings. The smallest absolute Gasteiger partial charge is 0.238 e. The number of nitrogens with zero attached hydrogens (tertiary/aromatic N) is 2. The second kappa shape index (κ2) is 9.01. The number of rotatable bonds is 7. The Labute approximate surface area is 139 Å². The van der Waals surface area contributed by atoms with Gasteiger partial charge < -0.3 is 10.4 Å². The molecule has 1 atom stereocenters. The summed E-state index contributed by atoms with van der Waals surface area (Å²) in [4.78, 5) is 16.8. The summed E-state index contributed by atoms with van der Waals surface area (Å²) < 4.78 is 0. The van der Waals surface area contributed by atoms with E-state index in [9.17, 15) is 9.90 Å². The van der Waals surface area contributed by atoms with Crippen molar-refractivity contribution in [2.45, 2.75) is 32.7 Å². The molecule has 2 N–H and O–H groups in total. The molecule has 1 aliphatic rings. The summed E-state index contributed by atoms with van der Waals surface area (Å²) in [5.41, 5.74) is 2.09. The fourth-order valence-electron chi connectivity index (χ4n) is 3.13. The molecule has 0 spiro atoms. The molecular formula is C18H29N3O2. The van der Waals surface area contributed by atoms with Crippen molar-refractivity contribution in [1.29, 1.82) is 0 Å². The van der Waals surface area contributed by atoms with Crippen molar-refractivity contribution in [3.8, 4) is 0 Å². The number of aliphatic hydroxyl groups is 1. The quantitative estimate of drug-likeness (QED) is 0.801. The lowest BCUT2D eigenvalue weighted by Crippen LogP contribution is -2.52. The molecule has 23 heavy (non-hydrogen) atoms. The maximum atomic E-state index is 12.3. The number of amides is 1. The average molecular weight is 319 g/mol. The van der Waals surface area contributed by atoms with E-state index >= 15 is 0 Å². The van der Waals surface area contributed by atoms with Gasteiger partial charge in [0, 0.05) is 37.9 Å². The highest BCUT2D eigenvalue weighted by molar-refractivity contribution is 5.93. The molecule has 1 fully saturated rings. The molecule has 1 heterocycles. The third-order valence-electron chi connectivity index (χ3n) is 4.64. The number of nitrogens with one attached hydrogen (secondary N) is 1. The van der Waals surface area contributed by atoms with Gasteiger partial charge in [0.15, 0.2) is 0 Å². The van der Waals surface area contributed by atoms with Gasteiger partial charge >= 0.3 is 0 Å². The van der Waals surface area contributed by atoms with Crippen LogP contribution in [0, 0.1) is 0 Å². The molecule has 1 aliphatic heterocycles. The number of aryl methyl sites for hydroxylation is 1. The maximum Gasteiger partial charge on any atom is 0.238 e. The van der Waals surface area contributed by atoms with E-state index in [4.69, 9.17) is 0 Å². The van der Waals surface area contributed by atoms with E-state index in [-0.39, 0.29) is 18.6 Å². The van der Waals surface area contributed by atoms with Crippen molar-refractivity contribution < 1.29 is 9.90 Å². The lowest BCUT2D eigenvalue weighted by atomic mass is 10.1. The third kappa shape index (κ3) is 5.03. The lowest BCUT2D eigenvalue weighted by molar-refractivity contribution is -0.117. The Morgan fingerprint density at radius 1 is 1.22 bits per heavy atom. The van der Waals surface area contributed by atoms with E-state index in [2.05, 4.69) is 29.0 Å². The number of benzene rings is 1. The first kappa shape index (κ1) is 17.9. The molecule has 1 saturated heterocycles. The SMILES string of the molecule is CCc1ccccc1NC(=O)CN1CCN(C(CC)CO)CC1. The van der Waals surface area contributed by atoms with Crippen LogP contribution >= 0.6 is 0 Å². The summed E-state index contributed by atoms with van der Waals surface area (Å²) in [5.74, 6) is 0.0496. The topological polar surface area (TPSA) is 55.8 Å². The number of hydrogen-bond acceptors (Lipinski definition) is 4. The summed E-state index contributed by atoms with van der Waals surface area (Å²) in [6, 6.07) is 8.21. The molecule has 1 unspecified atom stereocenters. The van der Waals surface area contributed by atoms with Crippen LogP contribution in [-0.2, 0) is 11.2 Å². The molecule has 1 aromatic carbocycles. The highest BCUT2D eigenvalue weighted by atomic mass is 16.3. The van der Waals surface area contributed by atoms with E-state index in [1.54, 1.807) is 0 Å². The number of anilines is 1. The number of aliphatic hydroxyl groups excluding tert-OH is 1. The number of para-hydroxylation sites is 1. The second-order valence-electron chi connectivity index (χ2n) is 6.12. The molecule has 0 saturated carbocycles. The first-order valence-corrected chi connectivity index (χ1v) is 8.62. The van der Waals surface area contributed by atoms with E-state index in [0.29, 0.717) is 6.54 Å². The highest BCUT2D eigenvalue weighted by Crippen LogP contribution is 2.15. The van der Waals surface area contributed by atoms with Gasteiger partial charge in [-0.25, -0.2) is 0 Å². The zero-order valence-corrected chi connectivity index (χ0v) is 14.3. The minimum Gasteiger partial charge on any atom is -0.395 e. The first-order valence-electron chi connectivity index (χ1n) is 8.62. The molecule has 0 aliphatic carbocycles. The fourth-order valence-corrected chi connectivity index (χ4v) is 3.13. The fraction of sp³-hybridized carbons (Fsp3) is 0.611. The van der Waals surface area contributed by atoms with Crippen LogP contribution in [0.4, 0.5) is 5.69 Å². The van der Waals surface area contributed by atoms with Crippen LogP contribution in [0.25, 0.3) is 0 Å². The van der Waals surface area contributed by atoms with Gasteiger partial charge in [0.1, 0.15) is 0 Å². The molecule has 5 heteroatoms. The van der Waals surface area contributed by atoms with Gasteiger partial charge in [-0.2, -0.15) is 0 Å². The highest BCUT2D eigenvalue weighted by Gasteiger charge is 2.23. The summed E-state index contributed by atoms with van der Waals surface area (Å²) in [6.07, 6.45) is 1.87. The molecule has 0 aromatic heterocycles. The van der Waals surface area contributed by atoms with E-state index in [1.807, 2.05) is 24.3 Å². The summed E-state index contributed by atoms with van der Waals surface area (Å²) in [6.45, 7) is 8.42. The maximum absolute atomic E-state index is 12.3. The molecule has 0 bridgehead atoms. The van der Waals surface area contributed by atoms with Gasteiger partial charge in [0.05, 0.1) is 13.2 Å². The van der Waals surface area contributed by atoms with Crippen LogP contribution in [0.5, 0.6) is 0 Å². The van der Waals surface area contributed by atoms with Crippen LogP contribution in [-0.4, -0.2) is 66.2 Å². The largest absolute Gasteiger partial charge is 0.395 e. The first-order chi connectivity index (χ1) is 11.2. The predicted molar refractivity (Wildman–Crippen MR) is 93.6 cm³/mol. The van der Waals surface area contributed by atoms with Crippen LogP contribution in [0.15, 0.2) is 24.3 Å². The molecule has 1 amide bonds. The van der Waals surface area contributed by atoms with Crippen molar-refractivity contribution in [1.82, 2.24) is 9.80 Å². The minimum atomic E-state index is 0.0496. The molecule has 2 rings (SSSR count). The molecule has 128 valence electrons. The average Bonchev–Trinajstić information content (AvgIpc) is 2.58. The van der Waals surface area contributed by atoms with Crippen LogP contribution in [0.2, 0.25) is 0 Å². The van der Waals surface area contributed by atoms with Gasteiger partial charge in [-0.05, 0) is 24.5 Å². The van der Waals surface area contributed by atoms with Crippen molar-refractivity contribution in [3.63, 3.8) is 0 Å². The van der Waals surface area contributed by atoms with E-state index < -0.39 is 0 Å². The lowest BCUT2D eigenvalue weighted by Gasteiger charge is -2.38. The van der Waals surface area contributed by atoms with Gasteiger partial charge in [-0.15, -0.1) is 0 Å². The molecule has 0 radical (unpaired) electrons. The minimum absolute atomic E-state index is 0.0496. The van der Waals surface area contributed by atoms with Crippen molar-refractivity contribution in [2.75, 3.05) is 44.6 Å². The number of carbonyl (C=O) groups is 1. The van der Waals surface area contributed by atoms with Crippen LogP contribution < -0.4 is 5.32 Å². The third-order valence-corrected chi connectivity index (χ3v) is 4.64. The van der Waals surface area contributed by atoms with Gasteiger partial charge in [0.25, 0.3) is 0 Å².